The van der Waals surface area contributed by atoms with Crippen LogP contribution in [0, 0.1) is 5.41 Å². The van der Waals surface area contributed by atoms with Crippen LogP contribution in [-0.4, -0.2) is 42.1 Å². The SMILES string of the molecule is Cn1cc(C2N(C(=O)c3ccc4[nH]cnc4n3)CC2(C)C)cn1. The van der Waals surface area contributed by atoms with E-state index in [-0.39, 0.29) is 17.4 Å². The molecule has 1 unspecified atom stereocenters. The Labute approximate surface area is 133 Å². The zero-order valence-electron chi connectivity index (χ0n) is 13.3. The first kappa shape index (κ1) is 13.9. The molecular weight excluding hydrogens is 292 g/mol. The number of aryl methyl sites for hydroxylation is 1. The smallest absolute Gasteiger partial charge is 0.273 e. The summed E-state index contributed by atoms with van der Waals surface area (Å²) in [4.78, 5) is 26.2. The van der Waals surface area contributed by atoms with Gasteiger partial charge < -0.3 is 9.88 Å². The molecule has 0 spiro atoms. The molecule has 1 aliphatic heterocycles. The number of pyridine rings is 1. The third-order valence-electron chi connectivity index (χ3n) is 4.43. The Balaban J connectivity index is 1.67. The second kappa shape index (κ2) is 4.65. The Bertz CT molecular complexity index is 893. The van der Waals surface area contributed by atoms with Gasteiger partial charge in [-0.1, -0.05) is 13.8 Å². The molecule has 1 amide bonds. The Morgan fingerprint density at radius 3 is 2.91 bits per heavy atom. The van der Waals surface area contributed by atoms with Gasteiger partial charge in [-0.2, -0.15) is 5.10 Å². The van der Waals surface area contributed by atoms with Gasteiger partial charge in [0.25, 0.3) is 5.91 Å². The van der Waals surface area contributed by atoms with Crippen LogP contribution in [0.25, 0.3) is 11.2 Å². The number of fused-ring (bicyclic) bond motifs is 1. The van der Waals surface area contributed by atoms with E-state index in [0.717, 1.165) is 11.1 Å². The molecule has 1 aliphatic rings. The highest BCUT2D eigenvalue weighted by Crippen LogP contribution is 2.48. The topological polar surface area (TPSA) is 79.7 Å². The molecular formula is C16H18N6O. The Morgan fingerprint density at radius 2 is 2.22 bits per heavy atom. The molecule has 7 heteroatoms. The van der Waals surface area contributed by atoms with Crippen LogP contribution in [0.4, 0.5) is 0 Å². The fraction of sp³-hybridized carbons (Fsp3) is 0.375. The van der Waals surface area contributed by atoms with Gasteiger partial charge in [0.15, 0.2) is 5.65 Å². The fourth-order valence-electron chi connectivity index (χ4n) is 3.42. The lowest BCUT2D eigenvalue weighted by molar-refractivity contribution is -0.0326. The molecule has 3 aromatic heterocycles. The summed E-state index contributed by atoms with van der Waals surface area (Å²) in [5.41, 5.74) is 2.89. The quantitative estimate of drug-likeness (QED) is 0.784. The van der Waals surface area contributed by atoms with E-state index in [1.807, 2.05) is 30.4 Å². The molecule has 0 aliphatic carbocycles. The molecule has 3 aromatic rings. The van der Waals surface area contributed by atoms with E-state index in [4.69, 9.17) is 0 Å². The van der Waals surface area contributed by atoms with Crippen LogP contribution >= 0.6 is 0 Å². The normalized spacial score (nSPS) is 19.8. The number of amides is 1. The van der Waals surface area contributed by atoms with Crippen molar-refractivity contribution in [1.82, 2.24) is 29.6 Å². The number of likely N-dealkylation sites (tertiary alicyclic amines) is 1. The number of carbonyl (C=O) groups is 1. The molecule has 7 nitrogen and oxygen atoms in total. The lowest BCUT2D eigenvalue weighted by Crippen LogP contribution is -2.57. The number of hydrogen-bond acceptors (Lipinski definition) is 4. The number of hydrogen-bond donors (Lipinski definition) is 1. The van der Waals surface area contributed by atoms with Crippen molar-refractivity contribution in [3.05, 3.63) is 42.1 Å². The maximum Gasteiger partial charge on any atom is 0.273 e. The van der Waals surface area contributed by atoms with E-state index >= 15 is 0 Å². The Kier molecular flexibility index (Phi) is 2.81. The maximum absolute atomic E-state index is 12.9. The molecule has 0 saturated carbocycles. The van der Waals surface area contributed by atoms with Crippen molar-refractivity contribution >= 4 is 17.1 Å². The largest absolute Gasteiger partial charge is 0.343 e. The number of aromatic nitrogens is 5. The van der Waals surface area contributed by atoms with E-state index in [1.165, 1.54) is 0 Å². The summed E-state index contributed by atoms with van der Waals surface area (Å²) in [5.74, 6) is -0.0666. The first-order valence-corrected chi connectivity index (χ1v) is 7.55. The number of imidazole rings is 1. The van der Waals surface area contributed by atoms with Gasteiger partial charge in [0, 0.05) is 30.8 Å². The minimum absolute atomic E-state index is 0.0142. The van der Waals surface area contributed by atoms with Crippen molar-refractivity contribution in [3.8, 4) is 0 Å². The molecule has 118 valence electrons. The van der Waals surface area contributed by atoms with Gasteiger partial charge in [0.2, 0.25) is 0 Å². The minimum Gasteiger partial charge on any atom is -0.343 e. The van der Waals surface area contributed by atoms with E-state index in [9.17, 15) is 4.79 Å². The van der Waals surface area contributed by atoms with Crippen molar-refractivity contribution in [2.75, 3.05) is 6.54 Å². The molecule has 0 bridgehead atoms. The Morgan fingerprint density at radius 1 is 1.39 bits per heavy atom. The summed E-state index contributed by atoms with van der Waals surface area (Å²) in [5, 5.41) is 4.23. The second-order valence-electron chi connectivity index (χ2n) is 6.74. The zero-order valence-corrected chi connectivity index (χ0v) is 13.3. The first-order valence-electron chi connectivity index (χ1n) is 7.55. The van der Waals surface area contributed by atoms with Crippen molar-refractivity contribution in [3.63, 3.8) is 0 Å². The van der Waals surface area contributed by atoms with Crippen LogP contribution in [0.15, 0.2) is 30.9 Å². The summed E-state index contributed by atoms with van der Waals surface area (Å²) in [6, 6.07) is 3.60. The monoisotopic (exact) mass is 310 g/mol. The highest BCUT2D eigenvalue weighted by atomic mass is 16.2. The average Bonchev–Trinajstić information content (AvgIpc) is 3.12. The molecule has 23 heavy (non-hydrogen) atoms. The van der Waals surface area contributed by atoms with E-state index in [2.05, 4.69) is 33.9 Å². The zero-order chi connectivity index (χ0) is 16.2. The number of rotatable bonds is 2. The lowest BCUT2D eigenvalue weighted by Gasteiger charge is -2.53. The summed E-state index contributed by atoms with van der Waals surface area (Å²) >= 11 is 0. The van der Waals surface area contributed by atoms with Crippen LogP contribution in [0.2, 0.25) is 0 Å². The molecule has 4 heterocycles. The predicted molar refractivity (Wildman–Crippen MR) is 84.7 cm³/mol. The van der Waals surface area contributed by atoms with Gasteiger partial charge >= 0.3 is 0 Å². The number of H-pyrrole nitrogens is 1. The van der Waals surface area contributed by atoms with Gasteiger partial charge in [-0.25, -0.2) is 9.97 Å². The summed E-state index contributed by atoms with van der Waals surface area (Å²) in [6.45, 7) is 5.03. The summed E-state index contributed by atoms with van der Waals surface area (Å²) in [7, 11) is 1.88. The van der Waals surface area contributed by atoms with Crippen LogP contribution < -0.4 is 0 Å². The molecule has 1 fully saturated rings. The highest BCUT2D eigenvalue weighted by molar-refractivity contribution is 5.95. The third-order valence-corrected chi connectivity index (χ3v) is 4.43. The molecule has 1 N–H and O–H groups in total. The van der Waals surface area contributed by atoms with Crippen molar-refractivity contribution in [2.24, 2.45) is 12.5 Å². The van der Waals surface area contributed by atoms with Gasteiger partial charge in [0.05, 0.1) is 24.1 Å². The van der Waals surface area contributed by atoms with Gasteiger partial charge in [0.1, 0.15) is 5.69 Å². The molecule has 0 radical (unpaired) electrons. The number of nitrogens with zero attached hydrogens (tertiary/aromatic N) is 5. The van der Waals surface area contributed by atoms with E-state index in [0.29, 0.717) is 17.9 Å². The van der Waals surface area contributed by atoms with E-state index in [1.54, 1.807) is 17.1 Å². The maximum atomic E-state index is 12.9. The first-order chi connectivity index (χ1) is 11.0. The third kappa shape index (κ3) is 2.11. The number of carbonyl (C=O) groups excluding carboxylic acids is 1. The fourth-order valence-corrected chi connectivity index (χ4v) is 3.42. The second-order valence-corrected chi connectivity index (χ2v) is 6.74. The van der Waals surface area contributed by atoms with Crippen LogP contribution in [0.1, 0.15) is 35.9 Å². The van der Waals surface area contributed by atoms with Crippen molar-refractivity contribution in [1.29, 1.82) is 0 Å². The van der Waals surface area contributed by atoms with Gasteiger partial charge in [-0.05, 0) is 12.1 Å². The van der Waals surface area contributed by atoms with Crippen LogP contribution in [0.3, 0.4) is 0 Å². The van der Waals surface area contributed by atoms with Crippen molar-refractivity contribution in [2.45, 2.75) is 19.9 Å². The van der Waals surface area contributed by atoms with Gasteiger partial charge in [-0.3, -0.25) is 9.48 Å². The molecule has 1 atom stereocenters. The lowest BCUT2D eigenvalue weighted by atomic mass is 9.72. The average molecular weight is 310 g/mol. The minimum atomic E-state index is -0.0666. The predicted octanol–water partition coefficient (Wildman–Crippen LogP) is 1.91. The standard InChI is InChI=1S/C16H18N6O/c1-16(2)8-22(13(16)10-6-19-21(3)7-10)15(23)12-5-4-11-14(20-12)18-9-17-11/h4-7,9,13H,8H2,1-3H3,(H,17,18,20). The number of aromatic amines is 1. The summed E-state index contributed by atoms with van der Waals surface area (Å²) < 4.78 is 1.76. The van der Waals surface area contributed by atoms with Gasteiger partial charge in [-0.15, -0.1) is 0 Å². The number of nitrogens with one attached hydrogen (secondary N) is 1. The summed E-state index contributed by atoms with van der Waals surface area (Å²) in [6.07, 6.45) is 5.38. The van der Waals surface area contributed by atoms with Crippen LogP contribution in [-0.2, 0) is 7.05 Å². The molecule has 1 saturated heterocycles. The molecule has 4 rings (SSSR count). The molecule has 0 aromatic carbocycles. The van der Waals surface area contributed by atoms with Crippen LogP contribution in [0.5, 0.6) is 0 Å². The highest BCUT2D eigenvalue weighted by Gasteiger charge is 2.49. The van der Waals surface area contributed by atoms with Crippen molar-refractivity contribution < 1.29 is 4.79 Å². The Hall–Kier alpha value is -2.70. The van der Waals surface area contributed by atoms with E-state index < -0.39 is 0 Å².